The Bertz CT molecular complexity index is 1470. The van der Waals surface area contributed by atoms with Gasteiger partial charge in [0.15, 0.2) is 5.75 Å². The molecule has 0 aliphatic rings. The molecular formula is C22H20N6O4S. The monoisotopic (exact) mass is 464 g/mol. The minimum absolute atomic E-state index is 0.296. The Morgan fingerprint density at radius 2 is 1.58 bits per heavy atom. The second-order valence-electron chi connectivity index (χ2n) is 7.25. The smallest absolute Gasteiger partial charge is 0.296 e. The van der Waals surface area contributed by atoms with Crippen LogP contribution in [0.5, 0.6) is 5.75 Å². The van der Waals surface area contributed by atoms with Crippen molar-refractivity contribution in [2.24, 2.45) is 10.2 Å². The van der Waals surface area contributed by atoms with Gasteiger partial charge in [0.2, 0.25) is 5.95 Å². The zero-order chi connectivity index (χ0) is 23.8. The average molecular weight is 465 g/mol. The lowest BCUT2D eigenvalue weighted by atomic mass is 10.1. The number of aromatic hydroxyl groups is 1. The lowest BCUT2D eigenvalue weighted by molar-refractivity contribution is 0.472. The SMILES string of the molecule is Cc1nc(C)nc(N(C)c2cccc3cc(S(=O)(=O)O)c(N=Nc4ccccc4)c(O)c23)n1. The Kier molecular flexibility index (Phi) is 5.75. The highest BCUT2D eigenvalue weighted by Gasteiger charge is 2.24. The van der Waals surface area contributed by atoms with Crippen molar-refractivity contribution in [3.63, 3.8) is 0 Å². The first-order chi connectivity index (χ1) is 15.6. The van der Waals surface area contributed by atoms with Crippen molar-refractivity contribution < 1.29 is 18.1 Å². The normalized spacial score (nSPS) is 11.9. The highest BCUT2D eigenvalue weighted by atomic mass is 32.2. The minimum Gasteiger partial charge on any atom is -0.505 e. The molecule has 1 aromatic heterocycles. The maximum Gasteiger partial charge on any atom is 0.296 e. The van der Waals surface area contributed by atoms with E-state index < -0.39 is 20.8 Å². The second-order valence-corrected chi connectivity index (χ2v) is 8.64. The molecule has 0 saturated heterocycles. The molecule has 168 valence electrons. The van der Waals surface area contributed by atoms with E-state index in [1.807, 2.05) is 0 Å². The summed E-state index contributed by atoms with van der Waals surface area (Å²) in [4.78, 5) is 14.0. The maximum atomic E-state index is 12.1. The second kappa shape index (κ2) is 8.52. The molecule has 0 unspecified atom stereocenters. The van der Waals surface area contributed by atoms with Crippen molar-refractivity contribution in [2.45, 2.75) is 18.7 Å². The number of phenolic OH excluding ortho intramolecular Hbond substituents is 1. The van der Waals surface area contributed by atoms with Crippen LogP contribution in [0.25, 0.3) is 10.8 Å². The Morgan fingerprint density at radius 1 is 0.909 bits per heavy atom. The van der Waals surface area contributed by atoms with Gasteiger partial charge in [-0.05, 0) is 43.5 Å². The van der Waals surface area contributed by atoms with Crippen LogP contribution in [0.1, 0.15) is 11.6 Å². The molecule has 0 amide bonds. The summed E-state index contributed by atoms with van der Waals surface area (Å²) in [6.45, 7) is 3.49. The minimum atomic E-state index is -4.71. The first-order valence-electron chi connectivity index (χ1n) is 9.81. The Morgan fingerprint density at radius 3 is 2.21 bits per heavy atom. The molecule has 0 aliphatic carbocycles. The topological polar surface area (TPSA) is 141 Å². The van der Waals surface area contributed by atoms with Crippen LogP contribution in [0.15, 0.2) is 69.7 Å². The van der Waals surface area contributed by atoms with Gasteiger partial charge in [0.25, 0.3) is 10.1 Å². The van der Waals surface area contributed by atoms with Gasteiger partial charge >= 0.3 is 0 Å². The first kappa shape index (κ1) is 22.2. The van der Waals surface area contributed by atoms with Crippen molar-refractivity contribution in [1.29, 1.82) is 0 Å². The first-order valence-corrected chi connectivity index (χ1v) is 11.2. The zero-order valence-electron chi connectivity index (χ0n) is 18.0. The Labute approximate surface area is 190 Å². The largest absolute Gasteiger partial charge is 0.505 e. The highest BCUT2D eigenvalue weighted by Crippen LogP contribution is 2.45. The fourth-order valence-corrected chi connectivity index (χ4v) is 4.07. The summed E-state index contributed by atoms with van der Waals surface area (Å²) < 4.78 is 34.0. The van der Waals surface area contributed by atoms with Gasteiger partial charge in [0.1, 0.15) is 22.2 Å². The molecule has 0 radical (unpaired) electrons. The number of hydrogen-bond donors (Lipinski definition) is 2. The van der Waals surface area contributed by atoms with Crippen LogP contribution in [0.4, 0.5) is 23.0 Å². The fraction of sp³-hybridized carbons (Fsp3) is 0.136. The van der Waals surface area contributed by atoms with Gasteiger partial charge in [-0.2, -0.15) is 23.5 Å². The molecule has 10 nitrogen and oxygen atoms in total. The molecular weight excluding hydrogens is 444 g/mol. The Balaban J connectivity index is 1.97. The van der Waals surface area contributed by atoms with Gasteiger partial charge in [0, 0.05) is 12.4 Å². The highest BCUT2D eigenvalue weighted by molar-refractivity contribution is 7.86. The van der Waals surface area contributed by atoms with Gasteiger partial charge < -0.3 is 10.0 Å². The molecule has 11 heteroatoms. The third-order valence-electron chi connectivity index (χ3n) is 4.86. The van der Waals surface area contributed by atoms with Crippen LogP contribution in [-0.4, -0.2) is 40.1 Å². The molecule has 0 saturated carbocycles. The van der Waals surface area contributed by atoms with Crippen molar-refractivity contribution in [2.75, 3.05) is 11.9 Å². The molecule has 0 fully saturated rings. The van der Waals surface area contributed by atoms with Gasteiger partial charge in [-0.3, -0.25) is 4.55 Å². The van der Waals surface area contributed by atoms with Crippen LogP contribution in [0, 0.1) is 13.8 Å². The number of fused-ring (bicyclic) bond motifs is 1. The fourth-order valence-electron chi connectivity index (χ4n) is 3.41. The van der Waals surface area contributed by atoms with Crippen molar-refractivity contribution in [3.05, 3.63) is 66.2 Å². The molecule has 0 spiro atoms. The summed E-state index contributed by atoms with van der Waals surface area (Å²) in [6.07, 6.45) is 0. The van der Waals surface area contributed by atoms with Gasteiger partial charge in [0.05, 0.1) is 11.4 Å². The number of aryl methyl sites for hydroxylation is 2. The number of phenols is 1. The maximum absolute atomic E-state index is 12.1. The van der Waals surface area contributed by atoms with E-state index in [0.29, 0.717) is 39.7 Å². The summed E-state index contributed by atoms with van der Waals surface area (Å²) in [6, 6.07) is 14.9. The summed E-state index contributed by atoms with van der Waals surface area (Å²) in [5.41, 5.74) is 0.561. The average Bonchev–Trinajstić information content (AvgIpc) is 2.76. The third kappa shape index (κ3) is 4.49. The number of azo groups is 1. The zero-order valence-corrected chi connectivity index (χ0v) is 18.8. The number of aromatic nitrogens is 3. The molecule has 4 rings (SSSR count). The third-order valence-corrected chi connectivity index (χ3v) is 5.73. The quantitative estimate of drug-likeness (QED) is 0.317. The number of hydrogen-bond acceptors (Lipinski definition) is 9. The molecule has 3 aromatic carbocycles. The van der Waals surface area contributed by atoms with Gasteiger partial charge in [-0.15, -0.1) is 5.11 Å². The van der Waals surface area contributed by atoms with E-state index in [9.17, 15) is 18.1 Å². The lowest BCUT2D eigenvalue weighted by Gasteiger charge is -2.21. The van der Waals surface area contributed by atoms with Gasteiger partial charge in [-0.25, -0.2) is 4.98 Å². The van der Waals surface area contributed by atoms with Gasteiger partial charge in [-0.1, -0.05) is 30.3 Å². The van der Waals surface area contributed by atoms with E-state index >= 15 is 0 Å². The molecule has 4 aromatic rings. The Hall–Kier alpha value is -3.96. The van der Waals surface area contributed by atoms with Crippen LogP contribution in [-0.2, 0) is 10.1 Å². The number of anilines is 2. The van der Waals surface area contributed by atoms with E-state index in [-0.39, 0.29) is 5.69 Å². The van der Waals surface area contributed by atoms with Crippen LogP contribution in [0.3, 0.4) is 0 Å². The van der Waals surface area contributed by atoms with Crippen LogP contribution < -0.4 is 4.90 Å². The van der Waals surface area contributed by atoms with E-state index in [2.05, 4.69) is 25.2 Å². The summed E-state index contributed by atoms with van der Waals surface area (Å²) in [5.74, 6) is 0.947. The molecule has 1 heterocycles. The molecule has 2 N–H and O–H groups in total. The molecule has 0 aliphatic heterocycles. The molecule has 0 atom stereocenters. The predicted octanol–water partition coefficient (Wildman–Crippen LogP) is 4.78. The van der Waals surface area contributed by atoms with Crippen LogP contribution in [0.2, 0.25) is 0 Å². The van der Waals surface area contributed by atoms with Crippen LogP contribution >= 0.6 is 0 Å². The van der Waals surface area contributed by atoms with E-state index in [1.54, 1.807) is 74.3 Å². The summed E-state index contributed by atoms with van der Waals surface area (Å²) >= 11 is 0. The predicted molar refractivity (Wildman–Crippen MR) is 123 cm³/mol. The van der Waals surface area contributed by atoms with E-state index in [4.69, 9.17) is 0 Å². The van der Waals surface area contributed by atoms with Crippen molar-refractivity contribution >= 4 is 43.9 Å². The summed E-state index contributed by atoms with van der Waals surface area (Å²) in [7, 11) is -3.00. The standard InChI is InChI=1S/C22H20N6O4S/c1-13-23-14(2)25-22(24-13)28(3)17-11-7-8-15-12-18(33(30,31)32)20(21(29)19(15)17)27-26-16-9-5-4-6-10-16/h4-12,29H,1-3H3,(H,30,31,32). The summed E-state index contributed by atoms with van der Waals surface area (Å²) in [5, 5.41) is 19.8. The van der Waals surface area contributed by atoms with Crippen molar-refractivity contribution in [3.8, 4) is 5.75 Å². The van der Waals surface area contributed by atoms with Crippen molar-refractivity contribution in [1.82, 2.24) is 15.0 Å². The molecule has 33 heavy (non-hydrogen) atoms. The van der Waals surface area contributed by atoms with E-state index in [1.165, 1.54) is 6.07 Å². The lowest BCUT2D eigenvalue weighted by Crippen LogP contribution is -2.15. The number of benzene rings is 3. The number of nitrogens with zero attached hydrogens (tertiary/aromatic N) is 6. The number of rotatable bonds is 5. The van der Waals surface area contributed by atoms with E-state index in [0.717, 1.165) is 0 Å². The molecule has 0 bridgehead atoms.